The first-order valence-corrected chi connectivity index (χ1v) is 7.36. The van der Waals surface area contributed by atoms with Gasteiger partial charge in [-0.3, -0.25) is 4.79 Å². The lowest BCUT2D eigenvalue weighted by molar-refractivity contribution is -0.131. The lowest BCUT2D eigenvalue weighted by Gasteiger charge is -2.31. The van der Waals surface area contributed by atoms with Gasteiger partial charge in [0.2, 0.25) is 5.91 Å². The summed E-state index contributed by atoms with van der Waals surface area (Å²) in [4.78, 5) is 14.3. The Morgan fingerprint density at radius 3 is 2.89 bits per heavy atom. The van der Waals surface area contributed by atoms with Crippen molar-refractivity contribution in [1.82, 2.24) is 4.90 Å². The van der Waals surface area contributed by atoms with Crippen LogP contribution in [0.4, 0.5) is 0 Å². The van der Waals surface area contributed by atoms with Crippen molar-refractivity contribution in [1.29, 1.82) is 0 Å². The molecule has 1 aliphatic rings. The van der Waals surface area contributed by atoms with E-state index in [1.165, 1.54) is 11.1 Å². The van der Waals surface area contributed by atoms with E-state index < -0.39 is 0 Å². The fraction of sp³-hybridized carbons (Fsp3) is 0.500. The first-order chi connectivity index (χ1) is 8.65. The summed E-state index contributed by atoms with van der Waals surface area (Å²) < 4.78 is 0. The zero-order valence-electron chi connectivity index (χ0n) is 11.3. The Kier molecular flexibility index (Phi) is 6.17. The van der Waals surface area contributed by atoms with Gasteiger partial charge in [0.25, 0.3) is 0 Å². The number of nitrogens with zero attached hydrogens (tertiary/aromatic N) is 1. The standard InChI is InChI=1S/C14H20N2OS.ClH/c1-10(9-15)16(2)14(17)13-12-6-4-3-5-11(12)7-8-18-13;/h3-6,10,13H,7-9,15H2,1-2H3;1H. The van der Waals surface area contributed by atoms with Crippen LogP contribution in [0, 0.1) is 0 Å². The molecule has 0 radical (unpaired) electrons. The van der Waals surface area contributed by atoms with E-state index in [9.17, 15) is 4.79 Å². The minimum Gasteiger partial charge on any atom is -0.341 e. The Balaban J connectivity index is 0.00000180. The Bertz CT molecular complexity index is 441. The third kappa shape index (κ3) is 3.44. The molecule has 2 N–H and O–H groups in total. The number of thioether (sulfide) groups is 1. The number of benzene rings is 1. The third-order valence-electron chi connectivity index (χ3n) is 3.57. The van der Waals surface area contributed by atoms with Gasteiger partial charge in [-0.1, -0.05) is 24.3 Å². The molecule has 19 heavy (non-hydrogen) atoms. The van der Waals surface area contributed by atoms with Crippen molar-refractivity contribution >= 4 is 30.1 Å². The number of nitrogens with two attached hydrogens (primary N) is 1. The predicted molar refractivity (Wildman–Crippen MR) is 83.9 cm³/mol. The first-order valence-electron chi connectivity index (χ1n) is 6.31. The van der Waals surface area contributed by atoms with Crippen LogP contribution in [0.2, 0.25) is 0 Å². The average Bonchev–Trinajstić information content (AvgIpc) is 2.44. The second kappa shape index (κ2) is 7.17. The average molecular weight is 301 g/mol. The van der Waals surface area contributed by atoms with E-state index in [1.54, 1.807) is 16.7 Å². The third-order valence-corrected chi connectivity index (χ3v) is 4.80. The molecule has 0 aromatic heterocycles. The fourth-order valence-electron chi connectivity index (χ4n) is 2.16. The molecule has 3 nitrogen and oxygen atoms in total. The number of carbonyl (C=O) groups excluding carboxylic acids is 1. The SMILES string of the molecule is CC(CN)N(C)C(=O)C1SCCc2ccccc21.Cl. The molecule has 1 aromatic carbocycles. The van der Waals surface area contributed by atoms with Crippen molar-refractivity contribution in [2.45, 2.75) is 24.6 Å². The van der Waals surface area contributed by atoms with Crippen molar-refractivity contribution in [3.05, 3.63) is 35.4 Å². The number of rotatable bonds is 3. The molecule has 2 unspecified atom stereocenters. The van der Waals surface area contributed by atoms with Crippen LogP contribution in [0.5, 0.6) is 0 Å². The molecular formula is C14H21ClN2OS. The van der Waals surface area contributed by atoms with Crippen LogP contribution in [-0.2, 0) is 11.2 Å². The maximum absolute atomic E-state index is 12.5. The van der Waals surface area contributed by atoms with E-state index in [0.29, 0.717) is 6.54 Å². The topological polar surface area (TPSA) is 46.3 Å². The van der Waals surface area contributed by atoms with Gasteiger partial charge < -0.3 is 10.6 Å². The molecule has 0 saturated heterocycles. The van der Waals surface area contributed by atoms with Gasteiger partial charge in [0.1, 0.15) is 5.25 Å². The molecule has 0 bridgehead atoms. The smallest absolute Gasteiger partial charge is 0.240 e. The summed E-state index contributed by atoms with van der Waals surface area (Å²) in [6.07, 6.45) is 1.06. The van der Waals surface area contributed by atoms with Crippen molar-refractivity contribution in [3.63, 3.8) is 0 Å². The van der Waals surface area contributed by atoms with E-state index in [2.05, 4.69) is 12.1 Å². The van der Waals surface area contributed by atoms with Crippen LogP contribution in [0.15, 0.2) is 24.3 Å². The molecule has 0 saturated carbocycles. The molecular weight excluding hydrogens is 280 g/mol. The van der Waals surface area contributed by atoms with Crippen molar-refractivity contribution < 1.29 is 4.79 Å². The quantitative estimate of drug-likeness (QED) is 0.931. The van der Waals surface area contributed by atoms with Crippen LogP contribution in [-0.4, -0.2) is 36.2 Å². The summed E-state index contributed by atoms with van der Waals surface area (Å²) in [6.45, 7) is 2.48. The monoisotopic (exact) mass is 300 g/mol. The van der Waals surface area contributed by atoms with Gasteiger partial charge in [-0.25, -0.2) is 0 Å². The van der Waals surface area contributed by atoms with Gasteiger partial charge >= 0.3 is 0 Å². The number of hydrogen-bond donors (Lipinski definition) is 1. The van der Waals surface area contributed by atoms with E-state index in [1.807, 2.05) is 26.1 Å². The van der Waals surface area contributed by atoms with Crippen molar-refractivity contribution in [3.8, 4) is 0 Å². The van der Waals surface area contributed by atoms with Gasteiger partial charge in [-0.05, 0) is 30.2 Å². The van der Waals surface area contributed by atoms with E-state index in [-0.39, 0.29) is 29.6 Å². The number of halogens is 1. The summed E-state index contributed by atoms with van der Waals surface area (Å²) >= 11 is 1.74. The highest BCUT2D eigenvalue weighted by atomic mass is 35.5. The highest BCUT2D eigenvalue weighted by Crippen LogP contribution is 2.37. The Morgan fingerprint density at radius 1 is 1.53 bits per heavy atom. The molecule has 1 aliphatic heterocycles. The van der Waals surface area contributed by atoms with Crippen LogP contribution in [0.25, 0.3) is 0 Å². The Hall–Kier alpha value is -0.710. The molecule has 0 aliphatic carbocycles. The number of aryl methyl sites for hydroxylation is 1. The molecule has 106 valence electrons. The Morgan fingerprint density at radius 2 is 2.21 bits per heavy atom. The first kappa shape index (κ1) is 16.3. The second-order valence-electron chi connectivity index (χ2n) is 4.73. The van der Waals surface area contributed by atoms with Crippen LogP contribution >= 0.6 is 24.2 Å². The molecule has 5 heteroatoms. The molecule has 1 amide bonds. The lowest BCUT2D eigenvalue weighted by Crippen LogP contribution is -2.42. The molecule has 2 atom stereocenters. The number of likely N-dealkylation sites (N-methyl/N-ethyl adjacent to an activating group) is 1. The summed E-state index contributed by atoms with van der Waals surface area (Å²) in [6, 6.07) is 8.35. The summed E-state index contributed by atoms with van der Waals surface area (Å²) in [5.74, 6) is 1.18. The van der Waals surface area contributed by atoms with Gasteiger partial charge in [-0.2, -0.15) is 0 Å². The van der Waals surface area contributed by atoms with E-state index in [0.717, 1.165) is 12.2 Å². The minimum atomic E-state index is -0.0612. The Labute approximate surface area is 125 Å². The number of amides is 1. The fourth-order valence-corrected chi connectivity index (χ4v) is 3.45. The largest absolute Gasteiger partial charge is 0.341 e. The van der Waals surface area contributed by atoms with Crippen LogP contribution < -0.4 is 5.73 Å². The van der Waals surface area contributed by atoms with E-state index in [4.69, 9.17) is 5.73 Å². The predicted octanol–water partition coefficient (Wildman–Crippen LogP) is 2.24. The zero-order valence-corrected chi connectivity index (χ0v) is 13.0. The molecule has 1 heterocycles. The minimum absolute atomic E-state index is 0. The molecule has 2 rings (SSSR count). The molecule has 1 aromatic rings. The molecule has 0 spiro atoms. The van der Waals surface area contributed by atoms with Crippen molar-refractivity contribution in [2.75, 3.05) is 19.3 Å². The van der Waals surface area contributed by atoms with E-state index >= 15 is 0 Å². The number of carbonyl (C=O) groups is 1. The lowest BCUT2D eigenvalue weighted by atomic mass is 10.0. The van der Waals surface area contributed by atoms with Gasteiger partial charge in [0.05, 0.1) is 0 Å². The van der Waals surface area contributed by atoms with Gasteiger partial charge in [0.15, 0.2) is 0 Å². The summed E-state index contributed by atoms with van der Waals surface area (Å²) in [7, 11) is 1.84. The van der Waals surface area contributed by atoms with Gasteiger partial charge in [0, 0.05) is 19.6 Å². The van der Waals surface area contributed by atoms with Gasteiger partial charge in [-0.15, -0.1) is 24.2 Å². The highest BCUT2D eigenvalue weighted by Gasteiger charge is 2.30. The van der Waals surface area contributed by atoms with Crippen molar-refractivity contribution in [2.24, 2.45) is 5.73 Å². The number of fused-ring (bicyclic) bond motifs is 1. The second-order valence-corrected chi connectivity index (χ2v) is 5.95. The normalized spacial score (nSPS) is 19.0. The van der Waals surface area contributed by atoms with Crippen LogP contribution in [0.3, 0.4) is 0 Å². The molecule has 0 fully saturated rings. The van der Waals surface area contributed by atoms with Crippen LogP contribution in [0.1, 0.15) is 23.3 Å². The summed E-state index contributed by atoms with van der Waals surface area (Å²) in [5.41, 5.74) is 8.12. The highest BCUT2D eigenvalue weighted by molar-refractivity contribution is 8.00. The zero-order chi connectivity index (χ0) is 13.1. The number of hydrogen-bond acceptors (Lipinski definition) is 3. The maximum Gasteiger partial charge on any atom is 0.240 e. The maximum atomic E-state index is 12.5. The summed E-state index contributed by atoms with van der Waals surface area (Å²) in [5, 5.41) is -0.0612.